The lowest BCUT2D eigenvalue weighted by Crippen LogP contribution is -2.38. The van der Waals surface area contributed by atoms with Gasteiger partial charge in [0.25, 0.3) is 0 Å². The summed E-state index contributed by atoms with van der Waals surface area (Å²) in [7, 11) is 2.98. The normalized spacial score (nSPS) is 24.8. The van der Waals surface area contributed by atoms with Gasteiger partial charge in [-0.15, -0.1) is 0 Å². The van der Waals surface area contributed by atoms with E-state index in [2.05, 4.69) is 5.32 Å². The van der Waals surface area contributed by atoms with E-state index in [0.29, 0.717) is 35.2 Å². The summed E-state index contributed by atoms with van der Waals surface area (Å²) in [5.74, 6) is 0.0615. The van der Waals surface area contributed by atoms with Crippen LogP contribution in [0.2, 0.25) is 5.02 Å². The van der Waals surface area contributed by atoms with Gasteiger partial charge in [-0.3, -0.25) is 4.79 Å². The number of carboxylic acids is 1. The van der Waals surface area contributed by atoms with Gasteiger partial charge in [0.15, 0.2) is 0 Å². The standard InChI is InChI=1S/C17H21ClN2O5/c1-24-13-7-14(25-2)12(6-11(13)18)19-16(23)20-8-10-4-3-5-17(10,9-20)15(21)22/h6-7,10H,3-5,8-9H2,1-2H3,(H,19,23)(H,21,22)/t10-,17+/m0/s1. The predicted octanol–water partition coefficient (Wildman–Crippen LogP) is 3.08. The molecule has 2 N–H and O–H groups in total. The summed E-state index contributed by atoms with van der Waals surface area (Å²) in [6.07, 6.45) is 2.36. The Kier molecular flexibility index (Phi) is 4.69. The summed E-state index contributed by atoms with van der Waals surface area (Å²) in [6.45, 7) is 0.676. The first-order valence-corrected chi connectivity index (χ1v) is 8.50. The molecule has 0 radical (unpaired) electrons. The van der Waals surface area contributed by atoms with Crippen molar-refractivity contribution in [3.63, 3.8) is 0 Å². The van der Waals surface area contributed by atoms with Gasteiger partial charge >= 0.3 is 12.0 Å². The van der Waals surface area contributed by atoms with E-state index in [1.54, 1.807) is 17.0 Å². The maximum Gasteiger partial charge on any atom is 0.321 e. The lowest BCUT2D eigenvalue weighted by Gasteiger charge is -2.23. The number of carbonyl (C=O) groups excluding carboxylic acids is 1. The van der Waals surface area contributed by atoms with Crippen molar-refractivity contribution in [1.29, 1.82) is 0 Å². The van der Waals surface area contributed by atoms with E-state index < -0.39 is 11.4 Å². The van der Waals surface area contributed by atoms with Crippen LogP contribution in [0, 0.1) is 11.3 Å². The lowest BCUT2D eigenvalue weighted by molar-refractivity contribution is -0.149. The van der Waals surface area contributed by atoms with E-state index >= 15 is 0 Å². The summed E-state index contributed by atoms with van der Waals surface area (Å²) in [4.78, 5) is 25.9. The Hall–Kier alpha value is -2.15. The molecule has 1 aliphatic carbocycles. The quantitative estimate of drug-likeness (QED) is 0.852. The highest BCUT2D eigenvalue weighted by atomic mass is 35.5. The van der Waals surface area contributed by atoms with Crippen LogP contribution in [0.4, 0.5) is 10.5 Å². The van der Waals surface area contributed by atoms with Crippen molar-refractivity contribution in [3.05, 3.63) is 17.2 Å². The summed E-state index contributed by atoms with van der Waals surface area (Å²) < 4.78 is 10.4. The van der Waals surface area contributed by atoms with E-state index in [1.165, 1.54) is 14.2 Å². The molecular formula is C17H21ClN2O5. The van der Waals surface area contributed by atoms with Gasteiger partial charge in [-0.2, -0.15) is 0 Å². The Morgan fingerprint density at radius 1 is 1.32 bits per heavy atom. The average Bonchev–Trinajstić information content (AvgIpc) is 3.13. The minimum absolute atomic E-state index is 0.0112. The molecule has 2 aliphatic rings. The third-order valence-electron chi connectivity index (χ3n) is 5.30. The maximum atomic E-state index is 12.6. The topological polar surface area (TPSA) is 88.1 Å². The molecule has 0 unspecified atom stereocenters. The number of carboxylic acid groups (broad SMARTS) is 1. The molecule has 2 amide bonds. The number of aliphatic carboxylic acids is 1. The van der Waals surface area contributed by atoms with Crippen LogP contribution in [-0.2, 0) is 4.79 Å². The van der Waals surface area contributed by atoms with Gasteiger partial charge in [-0.1, -0.05) is 18.0 Å². The van der Waals surface area contributed by atoms with Gasteiger partial charge in [0.1, 0.15) is 11.5 Å². The predicted molar refractivity (Wildman–Crippen MR) is 92.6 cm³/mol. The number of fused-ring (bicyclic) bond motifs is 1. The molecule has 8 heteroatoms. The van der Waals surface area contributed by atoms with Crippen LogP contribution in [0.15, 0.2) is 12.1 Å². The van der Waals surface area contributed by atoms with Crippen LogP contribution in [0.25, 0.3) is 0 Å². The number of likely N-dealkylation sites (tertiary alicyclic amines) is 1. The van der Waals surface area contributed by atoms with E-state index in [1.807, 2.05) is 0 Å². The average molecular weight is 369 g/mol. The van der Waals surface area contributed by atoms with Crippen molar-refractivity contribution in [2.75, 3.05) is 32.6 Å². The van der Waals surface area contributed by atoms with Crippen LogP contribution >= 0.6 is 11.6 Å². The Balaban J connectivity index is 1.78. The number of halogens is 1. The molecule has 1 aromatic rings. The first-order chi connectivity index (χ1) is 11.9. The number of carbonyl (C=O) groups is 2. The zero-order valence-electron chi connectivity index (χ0n) is 14.2. The number of ether oxygens (including phenoxy) is 2. The van der Waals surface area contributed by atoms with Crippen LogP contribution in [0.1, 0.15) is 19.3 Å². The number of amides is 2. The second-order valence-corrected chi connectivity index (χ2v) is 6.96. The van der Waals surface area contributed by atoms with Crippen LogP contribution < -0.4 is 14.8 Å². The van der Waals surface area contributed by atoms with E-state index in [4.69, 9.17) is 21.1 Å². The minimum atomic E-state index is -0.810. The molecule has 0 aromatic heterocycles. The number of urea groups is 1. The van der Waals surface area contributed by atoms with Gasteiger partial charge in [0, 0.05) is 19.2 Å². The molecule has 1 aromatic carbocycles. The minimum Gasteiger partial charge on any atom is -0.495 e. The summed E-state index contributed by atoms with van der Waals surface area (Å²) in [5, 5.41) is 12.7. The van der Waals surface area contributed by atoms with E-state index in [-0.39, 0.29) is 18.5 Å². The van der Waals surface area contributed by atoms with Crippen molar-refractivity contribution < 1.29 is 24.2 Å². The Bertz CT molecular complexity index is 711. The Morgan fingerprint density at radius 2 is 2.04 bits per heavy atom. The van der Waals surface area contributed by atoms with Crippen LogP contribution in [0.5, 0.6) is 11.5 Å². The van der Waals surface area contributed by atoms with Crippen molar-refractivity contribution in [3.8, 4) is 11.5 Å². The highest BCUT2D eigenvalue weighted by molar-refractivity contribution is 6.32. The van der Waals surface area contributed by atoms with Crippen LogP contribution in [0.3, 0.4) is 0 Å². The first kappa shape index (κ1) is 17.7. The van der Waals surface area contributed by atoms with Crippen molar-refractivity contribution in [1.82, 2.24) is 4.90 Å². The number of rotatable bonds is 4. The maximum absolute atomic E-state index is 12.6. The second-order valence-electron chi connectivity index (χ2n) is 6.55. The molecule has 7 nitrogen and oxygen atoms in total. The van der Waals surface area contributed by atoms with E-state index in [9.17, 15) is 14.7 Å². The Morgan fingerprint density at radius 3 is 2.64 bits per heavy atom. The summed E-state index contributed by atoms with van der Waals surface area (Å²) in [5.41, 5.74) is -0.390. The van der Waals surface area contributed by atoms with Crippen LogP contribution in [-0.4, -0.2) is 49.3 Å². The third kappa shape index (κ3) is 2.97. The van der Waals surface area contributed by atoms with Crippen molar-refractivity contribution in [2.45, 2.75) is 19.3 Å². The molecule has 1 aliphatic heterocycles. The monoisotopic (exact) mass is 368 g/mol. The molecule has 25 heavy (non-hydrogen) atoms. The van der Waals surface area contributed by atoms with Gasteiger partial charge < -0.3 is 24.8 Å². The number of nitrogens with zero attached hydrogens (tertiary/aromatic N) is 1. The van der Waals surface area contributed by atoms with Crippen molar-refractivity contribution in [2.24, 2.45) is 11.3 Å². The first-order valence-electron chi connectivity index (χ1n) is 8.12. The number of methoxy groups -OCH3 is 2. The van der Waals surface area contributed by atoms with Gasteiger partial charge in [-0.05, 0) is 24.8 Å². The molecule has 0 bridgehead atoms. The van der Waals surface area contributed by atoms with E-state index in [0.717, 1.165) is 12.8 Å². The smallest absolute Gasteiger partial charge is 0.321 e. The molecule has 0 spiro atoms. The fourth-order valence-electron chi connectivity index (χ4n) is 3.95. The highest BCUT2D eigenvalue weighted by Gasteiger charge is 2.55. The fourth-order valence-corrected chi connectivity index (χ4v) is 4.19. The molecule has 2 fully saturated rings. The molecular weight excluding hydrogens is 348 g/mol. The molecule has 1 heterocycles. The molecule has 3 rings (SSSR count). The fraction of sp³-hybridized carbons (Fsp3) is 0.529. The number of hydrogen-bond donors (Lipinski definition) is 2. The zero-order valence-corrected chi connectivity index (χ0v) is 14.9. The summed E-state index contributed by atoms with van der Waals surface area (Å²) >= 11 is 6.12. The summed E-state index contributed by atoms with van der Waals surface area (Å²) in [6, 6.07) is 2.80. The number of hydrogen-bond acceptors (Lipinski definition) is 4. The van der Waals surface area contributed by atoms with Gasteiger partial charge in [0.2, 0.25) is 0 Å². The molecule has 2 atom stereocenters. The molecule has 1 saturated heterocycles. The SMILES string of the molecule is COc1cc(OC)c(NC(=O)N2C[C@@H]3CCC[C@@]3(C(=O)O)C2)cc1Cl. The van der Waals surface area contributed by atoms with Gasteiger partial charge in [-0.25, -0.2) is 4.79 Å². The Labute approximate surface area is 150 Å². The third-order valence-corrected chi connectivity index (χ3v) is 5.59. The van der Waals surface area contributed by atoms with Crippen molar-refractivity contribution >= 4 is 29.3 Å². The lowest BCUT2D eigenvalue weighted by atomic mass is 9.81. The highest BCUT2D eigenvalue weighted by Crippen LogP contribution is 2.49. The number of anilines is 1. The zero-order chi connectivity index (χ0) is 18.2. The molecule has 136 valence electrons. The molecule has 1 saturated carbocycles. The largest absolute Gasteiger partial charge is 0.495 e. The van der Waals surface area contributed by atoms with Gasteiger partial charge in [0.05, 0.1) is 30.3 Å². The second kappa shape index (κ2) is 6.63. The number of nitrogens with one attached hydrogen (secondary N) is 1. The number of benzene rings is 1.